The van der Waals surface area contributed by atoms with Gasteiger partial charge in [0.05, 0.1) is 11.9 Å². The molecule has 70 valence electrons. The molecule has 0 fully saturated rings. The lowest BCUT2D eigenvalue weighted by atomic mass is 10.3. The Labute approximate surface area is 80.2 Å². The summed E-state index contributed by atoms with van der Waals surface area (Å²) in [5, 5.41) is 15.3. The van der Waals surface area contributed by atoms with Crippen molar-refractivity contribution in [2.24, 2.45) is 0 Å². The smallest absolute Gasteiger partial charge is 0.221 e. The highest BCUT2D eigenvalue weighted by atomic mass is 15.3. The molecule has 0 aliphatic heterocycles. The second kappa shape index (κ2) is 3.33. The lowest BCUT2D eigenvalue weighted by molar-refractivity contribution is 0.812. The summed E-state index contributed by atoms with van der Waals surface area (Å²) in [6, 6.07) is 3.45. The summed E-state index contributed by atoms with van der Waals surface area (Å²) < 4.78 is 0. The normalized spacial score (nSPS) is 10.1. The minimum Gasteiger partial charge on any atom is -0.397 e. The van der Waals surface area contributed by atoms with Gasteiger partial charge in [0, 0.05) is 0 Å². The molecule has 0 bridgehead atoms. The molecule has 0 unspecified atom stereocenters. The number of rotatable bonds is 1. The van der Waals surface area contributed by atoms with Crippen LogP contribution in [0.3, 0.4) is 0 Å². The number of hydrogen-bond donors (Lipinski definition) is 1. The number of pyridine rings is 1. The minimum atomic E-state index is 0.399. The number of aryl methyl sites for hydroxylation is 1. The van der Waals surface area contributed by atoms with Crippen molar-refractivity contribution in [3.63, 3.8) is 0 Å². The summed E-state index contributed by atoms with van der Waals surface area (Å²) in [5.41, 5.74) is 6.70. The Hall–Kier alpha value is -2.11. The first kappa shape index (κ1) is 8.49. The van der Waals surface area contributed by atoms with Gasteiger partial charge in [-0.1, -0.05) is 0 Å². The predicted octanol–water partition coefficient (Wildman–Crippen LogP) is 0.219. The largest absolute Gasteiger partial charge is 0.397 e. The van der Waals surface area contributed by atoms with E-state index in [-0.39, 0.29) is 0 Å². The molecule has 2 aromatic heterocycles. The third-order valence-electron chi connectivity index (χ3n) is 1.59. The first-order valence-electron chi connectivity index (χ1n) is 4.01. The van der Waals surface area contributed by atoms with E-state index in [1.165, 1.54) is 0 Å². The van der Waals surface area contributed by atoms with Gasteiger partial charge in [-0.2, -0.15) is 0 Å². The fourth-order valence-electron chi connectivity index (χ4n) is 0.919. The van der Waals surface area contributed by atoms with E-state index in [4.69, 9.17) is 5.73 Å². The van der Waals surface area contributed by atoms with Gasteiger partial charge in [0.15, 0.2) is 5.82 Å². The van der Waals surface area contributed by atoms with Crippen LogP contribution in [0.15, 0.2) is 18.3 Å². The van der Waals surface area contributed by atoms with E-state index in [0.29, 0.717) is 23.0 Å². The van der Waals surface area contributed by atoms with Crippen molar-refractivity contribution in [2.45, 2.75) is 6.92 Å². The van der Waals surface area contributed by atoms with Crippen LogP contribution >= 0.6 is 0 Å². The summed E-state index contributed by atoms with van der Waals surface area (Å²) in [7, 11) is 0. The molecule has 6 heteroatoms. The van der Waals surface area contributed by atoms with Crippen LogP contribution in [0, 0.1) is 6.92 Å². The summed E-state index contributed by atoms with van der Waals surface area (Å²) in [6.45, 7) is 1.72. The third kappa shape index (κ3) is 1.63. The van der Waals surface area contributed by atoms with E-state index >= 15 is 0 Å². The van der Waals surface area contributed by atoms with Crippen LogP contribution in [-0.2, 0) is 0 Å². The molecule has 0 spiro atoms. The van der Waals surface area contributed by atoms with E-state index in [0.717, 1.165) is 0 Å². The summed E-state index contributed by atoms with van der Waals surface area (Å²) in [6.07, 6.45) is 1.54. The van der Waals surface area contributed by atoms with Crippen molar-refractivity contribution in [1.29, 1.82) is 0 Å². The van der Waals surface area contributed by atoms with Crippen LogP contribution in [0.5, 0.6) is 0 Å². The summed E-state index contributed by atoms with van der Waals surface area (Å²) in [4.78, 5) is 4.05. The quantitative estimate of drug-likeness (QED) is 0.688. The van der Waals surface area contributed by atoms with E-state index in [9.17, 15) is 0 Å². The lowest BCUT2D eigenvalue weighted by Gasteiger charge is -1.97. The zero-order valence-corrected chi connectivity index (χ0v) is 7.55. The van der Waals surface area contributed by atoms with Gasteiger partial charge in [0.25, 0.3) is 0 Å². The van der Waals surface area contributed by atoms with E-state index in [1.54, 1.807) is 25.3 Å². The Kier molecular flexibility index (Phi) is 2.02. The number of nitrogens with two attached hydrogens (primary N) is 1. The highest BCUT2D eigenvalue weighted by Gasteiger charge is 2.03. The highest BCUT2D eigenvalue weighted by molar-refractivity contribution is 5.50. The molecule has 14 heavy (non-hydrogen) atoms. The van der Waals surface area contributed by atoms with Gasteiger partial charge in [-0.05, 0) is 19.1 Å². The van der Waals surface area contributed by atoms with Crippen LogP contribution in [0.25, 0.3) is 11.5 Å². The van der Waals surface area contributed by atoms with Crippen LogP contribution in [0.1, 0.15) is 5.82 Å². The molecule has 0 atom stereocenters. The molecular weight excluding hydrogens is 180 g/mol. The average Bonchev–Trinajstić information content (AvgIpc) is 2.21. The molecule has 6 nitrogen and oxygen atoms in total. The van der Waals surface area contributed by atoms with Gasteiger partial charge in [0.1, 0.15) is 5.69 Å². The standard InChI is InChI=1S/C8H8N6/c1-5-11-13-8(14-12-5)7-3-2-6(9)4-10-7/h2-4H,9H2,1H3. The van der Waals surface area contributed by atoms with Crippen molar-refractivity contribution in [1.82, 2.24) is 25.4 Å². The second-order valence-electron chi connectivity index (χ2n) is 2.75. The highest BCUT2D eigenvalue weighted by Crippen LogP contribution is 2.10. The van der Waals surface area contributed by atoms with Gasteiger partial charge in [-0.25, -0.2) is 0 Å². The van der Waals surface area contributed by atoms with Crippen molar-refractivity contribution >= 4 is 5.69 Å². The van der Waals surface area contributed by atoms with Crippen molar-refractivity contribution in [2.75, 3.05) is 5.73 Å². The minimum absolute atomic E-state index is 0.399. The molecule has 0 amide bonds. The van der Waals surface area contributed by atoms with E-state index in [1.807, 2.05) is 0 Å². The molecule has 2 rings (SSSR count). The second-order valence-corrected chi connectivity index (χ2v) is 2.75. The van der Waals surface area contributed by atoms with Gasteiger partial charge in [-0.15, -0.1) is 20.4 Å². The molecule has 2 heterocycles. The van der Waals surface area contributed by atoms with E-state index in [2.05, 4.69) is 25.4 Å². The Morgan fingerprint density at radius 1 is 1.07 bits per heavy atom. The molecule has 2 aromatic rings. The average molecular weight is 188 g/mol. The monoisotopic (exact) mass is 188 g/mol. The maximum absolute atomic E-state index is 5.49. The van der Waals surface area contributed by atoms with Crippen LogP contribution in [0.4, 0.5) is 5.69 Å². The Morgan fingerprint density at radius 3 is 2.36 bits per heavy atom. The first-order chi connectivity index (χ1) is 6.75. The van der Waals surface area contributed by atoms with Crippen LogP contribution < -0.4 is 5.73 Å². The maximum Gasteiger partial charge on any atom is 0.221 e. The molecular formula is C8H8N6. The zero-order chi connectivity index (χ0) is 9.97. The third-order valence-corrected chi connectivity index (χ3v) is 1.59. The molecule has 0 radical (unpaired) electrons. The summed E-state index contributed by atoms with van der Waals surface area (Å²) in [5.74, 6) is 0.930. The zero-order valence-electron chi connectivity index (χ0n) is 7.55. The molecule has 0 aliphatic rings. The summed E-state index contributed by atoms with van der Waals surface area (Å²) >= 11 is 0. The van der Waals surface area contributed by atoms with Crippen LogP contribution in [0.2, 0.25) is 0 Å². The molecule has 0 aromatic carbocycles. The fraction of sp³-hybridized carbons (Fsp3) is 0.125. The number of anilines is 1. The number of hydrogen-bond acceptors (Lipinski definition) is 6. The maximum atomic E-state index is 5.49. The molecule has 0 saturated carbocycles. The van der Waals surface area contributed by atoms with Gasteiger partial charge < -0.3 is 5.73 Å². The van der Waals surface area contributed by atoms with Gasteiger partial charge in [0.2, 0.25) is 5.82 Å². The van der Waals surface area contributed by atoms with E-state index < -0.39 is 0 Å². The van der Waals surface area contributed by atoms with Gasteiger partial charge in [-0.3, -0.25) is 4.98 Å². The molecule has 0 saturated heterocycles. The SMILES string of the molecule is Cc1nnc(-c2ccc(N)cn2)nn1. The first-order valence-corrected chi connectivity index (χ1v) is 4.01. The Bertz CT molecular complexity index is 377. The predicted molar refractivity (Wildman–Crippen MR) is 50.0 cm³/mol. The Balaban J connectivity index is 2.40. The fourth-order valence-corrected chi connectivity index (χ4v) is 0.919. The van der Waals surface area contributed by atoms with Crippen molar-refractivity contribution < 1.29 is 0 Å². The molecule has 0 aliphatic carbocycles. The van der Waals surface area contributed by atoms with Crippen LogP contribution in [-0.4, -0.2) is 25.4 Å². The lowest BCUT2D eigenvalue weighted by Crippen LogP contribution is -2.00. The number of nitrogens with zero attached hydrogens (tertiary/aromatic N) is 5. The van der Waals surface area contributed by atoms with Gasteiger partial charge >= 0.3 is 0 Å². The van der Waals surface area contributed by atoms with Crippen molar-refractivity contribution in [3.05, 3.63) is 24.2 Å². The molecule has 2 N–H and O–H groups in total. The Morgan fingerprint density at radius 2 is 1.79 bits per heavy atom. The van der Waals surface area contributed by atoms with Crippen molar-refractivity contribution in [3.8, 4) is 11.5 Å². The number of aromatic nitrogens is 5. The number of nitrogen functional groups attached to an aromatic ring is 1. The topological polar surface area (TPSA) is 90.5 Å².